The van der Waals surface area contributed by atoms with Crippen LogP contribution in [0.15, 0.2) is 47.1 Å². The van der Waals surface area contributed by atoms with Crippen molar-refractivity contribution in [2.75, 3.05) is 18.6 Å². The van der Waals surface area contributed by atoms with Crippen LogP contribution in [0.4, 0.5) is 10.5 Å². The van der Waals surface area contributed by atoms with E-state index >= 15 is 0 Å². The Hall–Kier alpha value is -3.29. The molecule has 2 aromatic rings. The predicted octanol–water partition coefficient (Wildman–Crippen LogP) is 2.02. The number of fused-ring (bicyclic) bond motifs is 1. The Morgan fingerprint density at radius 1 is 1.22 bits per heavy atom. The van der Waals surface area contributed by atoms with Gasteiger partial charge in [-0.3, -0.25) is 9.59 Å². The summed E-state index contributed by atoms with van der Waals surface area (Å²) in [4.78, 5) is 40.5. The van der Waals surface area contributed by atoms with Gasteiger partial charge in [-0.1, -0.05) is 0 Å². The average molecular weight is 369 g/mol. The molecule has 0 radical (unpaired) electrons. The van der Waals surface area contributed by atoms with Crippen LogP contribution in [0.5, 0.6) is 5.75 Å². The molecule has 0 spiro atoms. The number of piperidine rings is 1. The monoisotopic (exact) mass is 369 g/mol. The van der Waals surface area contributed by atoms with E-state index in [1.807, 2.05) is 0 Å². The van der Waals surface area contributed by atoms with Crippen LogP contribution < -0.4 is 15.0 Å². The van der Waals surface area contributed by atoms with Crippen molar-refractivity contribution in [3.05, 3.63) is 48.4 Å². The zero-order valence-electron chi connectivity index (χ0n) is 14.8. The number of hydrogen-bond donors (Lipinski definition) is 1. The molecule has 8 heteroatoms. The first kappa shape index (κ1) is 17.1. The summed E-state index contributed by atoms with van der Waals surface area (Å²) in [7, 11) is 1.55. The van der Waals surface area contributed by atoms with Crippen LogP contribution in [0.2, 0.25) is 0 Å². The number of benzene rings is 1. The van der Waals surface area contributed by atoms with Gasteiger partial charge in [0.2, 0.25) is 0 Å². The minimum absolute atomic E-state index is 0.198. The maximum Gasteiger partial charge on any atom is 0.332 e. The summed E-state index contributed by atoms with van der Waals surface area (Å²) >= 11 is 0. The normalized spacial score (nSPS) is 22.0. The molecule has 0 aliphatic carbocycles. The molecule has 3 heterocycles. The van der Waals surface area contributed by atoms with Crippen LogP contribution in [0.1, 0.15) is 23.4 Å². The molecule has 0 saturated carbocycles. The van der Waals surface area contributed by atoms with Gasteiger partial charge in [-0.15, -0.1) is 0 Å². The van der Waals surface area contributed by atoms with Gasteiger partial charge in [0.15, 0.2) is 5.76 Å². The Labute approximate surface area is 155 Å². The Bertz CT molecular complexity index is 862. The summed E-state index contributed by atoms with van der Waals surface area (Å²) in [6.07, 6.45) is 2.39. The Morgan fingerprint density at radius 3 is 2.67 bits per heavy atom. The quantitative estimate of drug-likeness (QED) is 0.833. The molecule has 2 atom stereocenters. The van der Waals surface area contributed by atoms with Gasteiger partial charge in [0.25, 0.3) is 11.8 Å². The highest BCUT2D eigenvalue weighted by atomic mass is 16.5. The lowest BCUT2D eigenvalue weighted by Crippen LogP contribution is -2.49. The smallest absolute Gasteiger partial charge is 0.332 e. The van der Waals surface area contributed by atoms with E-state index in [0.29, 0.717) is 30.8 Å². The lowest BCUT2D eigenvalue weighted by molar-refractivity contribution is -0.120. The number of hydrogen-bond acceptors (Lipinski definition) is 5. The molecule has 1 aromatic heterocycles. The molecule has 2 unspecified atom stereocenters. The highest BCUT2D eigenvalue weighted by Gasteiger charge is 2.48. The number of carbonyl (C=O) groups is 3. The third kappa shape index (κ3) is 3.03. The standard InChI is InChI=1S/C19H19N3O5/c1-26-14-6-4-13(5-7-14)22-18(24)15-11-12(8-9-21(15)19(22)25)20-17(23)16-3-2-10-27-16/h2-7,10,12,15H,8-9,11H2,1H3,(H,20,23). The summed E-state index contributed by atoms with van der Waals surface area (Å²) in [6.45, 7) is 0.408. The number of furan rings is 1. The molecular weight excluding hydrogens is 350 g/mol. The predicted molar refractivity (Wildman–Crippen MR) is 95.6 cm³/mol. The van der Waals surface area contributed by atoms with Crippen molar-refractivity contribution in [3.8, 4) is 5.75 Å². The van der Waals surface area contributed by atoms with Gasteiger partial charge in [-0.05, 0) is 49.2 Å². The van der Waals surface area contributed by atoms with E-state index in [4.69, 9.17) is 9.15 Å². The number of nitrogens with one attached hydrogen (secondary N) is 1. The highest BCUT2D eigenvalue weighted by molar-refractivity contribution is 6.21. The van der Waals surface area contributed by atoms with E-state index in [9.17, 15) is 14.4 Å². The number of urea groups is 1. The van der Waals surface area contributed by atoms with E-state index < -0.39 is 6.04 Å². The van der Waals surface area contributed by atoms with Gasteiger partial charge in [0, 0.05) is 12.6 Å². The van der Waals surface area contributed by atoms with Gasteiger partial charge in [-0.2, -0.15) is 0 Å². The number of carbonyl (C=O) groups excluding carboxylic acids is 3. The van der Waals surface area contributed by atoms with E-state index in [0.717, 1.165) is 0 Å². The molecule has 140 valence electrons. The third-order valence-corrected chi connectivity index (χ3v) is 4.96. The Kier molecular flexibility index (Phi) is 4.31. The van der Waals surface area contributed by atoms with Gasteiger partial charge < -0.3 is 19.4 Å². The van der Waals surface area contributed by atoms with Crippen molar-refractivity contribution in [1.82, 2.24) is 10.2 Å². The van der Waals surface area contributed by atoms with Crippen LogP contribution in [0, 0.1) is 0 Å². The highest BCUT2D eigenvalue weighted by Crippen LogP contribution is 2.31. The second-order valence-electron chi connectivity index (χ2n) is 6.54. The Morgan fingerprint density at radius 2 is 2.00 bits per heavy atom. The van der Waals surface area contributed by atoms with Crippen LogP contribution >= 0.6 is 0 Å². The molecule has 1 N–H and O–H groups in total. The Balaban J connectivity index is 1.48. The number of ether oxygens (including phenoxy) is 1. The van der Waals surface area contributed by atoms with E-state index in [-0.39, 0.29) is 29.6 Å². The molecule has 2 fully saturated rings. The van der Waals surface area contributed by atoms with Crippen molar-refractivity contribution in [2.24, 2.45) is 0 Å². The third-order valence-electron chi connectivity index (χ3n) is 4.96. The largest absolute Gasteiger partial charge is 0.497 e. The van der Waals surface area contributed by atoms with Crippen molar-refractivity contribution in [2.45, 2.75) is 24.9 Å². The van der Waals surface area contributed by atoms with E-state index in [1.54, 1.807) is 48.4 Å². The van der Waals surface area contributed by atoms with Crippen molar-refractivity contribution in [3.63, 3.8) is 0 Å². The minimum Gasteiger partial charge on any atom is -0.497 e. The van der Waals surface area contributed by atoms with Crippen LogP contribution in [0.3, 0.4) is 0 Å². The molecule has 8 nitrogen and oxygen atoms in total. The lowest BCUT2D eigenvalue weighted by atomic mass is 9.98. The van der Waals surface area contributed by atoms with Gasteiger partial charge in [0.05, 0.1) is 19.1 Å². The maximum atomic E-state index is 12.9. The SMILES string of the molecule is COc1ccc(N2C(=O)C3CC(NC(=O)c4ccco4)CCN3C2=O)cc1. The molecule has 4 rings (SSSR count). The summed E-state index contributed by atoms with van der Waals surface area (Å²) in [6, 6.07) is 8.91. The first-order valence-electron chi connectivity index (χ1n) is 8.71. The van der Waals surface area contributed by atoms with Crippen LogP contribution in [-0.4, -0.2) is 48.5 Å². The fourth-order valence-corrected chi connectivity index (χ4v) is 3.56. The lowest BCUT2D eigenvalue weighted by Gasteiger charge is -2.32. The van der Waals surface area contributed by atoms with Crippen LogP contribution in [0.25, 0.3) is 0 Å². The van der Waals surface area contributed by atoms with Gasteiger partial charge in [0.1, 0.15) is 11.8 Å². The molecule has 2 aliphatic heterocycles. The zero-order chi connectivity index (χ0) is 19.0. The van der Waals surface area contributed by atoms with Gasteiger partial charge in [-0.25, -0.2) is 9.69 Å². The van der Waals surface area contributed by atoms with Crippen molar-refractivity contribution >= 4 is 23.5 Å². The van der Waals surface area contributed by atoms with E-state index in [1.165, 1.54) is 11.2 Å². The number of amides is 4. The molecule has 2 saturated heterocycles. The molecule has 1 aromatic carbocycles. The first-order valence-corrected chi connectivity index (χ1v) is 8.71. The van der Waals surface area contributed by atoms with E-state index in [2.05, 4.69) is 5.32 Å². The fraction of sp³-hybridized carbons (Fsp3) is 0.316. The summed E-state index contributed by atoms with van der Waals surface area (Å²) in [5, 5.41) is 2.88. The molecule has 2 aliphatic rings. The topological polar surface area (TPSA) is 92.1 Å². The van der Waals surface area contributed by atoms with Crippen LogP contribution in [-0.2, 0) is 4.79 Å². The summed E-state index contributed by atoms with van der Waals surface area (Å²) < 4.78 is 10.2. The van der Waals surface area contributed by atoms with Crippen molar-refractivity contribution < 1.29 is 23.5 Å². The second kappa shape index (κ2) is 6.79. The number of imide groups is 1. The minimum atomic E-state index is -0.574. The maximum absolute atomic E-state index is 12.9. The first-order chi connectivity index (χ1) is 13.1. The van der Waals surface area contributed by atoms with Gasteiger partial charge >= 0.3 is 6.03 Å². The molecule has 4 amide bonds. The average Bonchev–Trinajstić information content (AvgIpc) is 3.30. The van der Waals surface area contributed by atoms with Crippen molar-refractivity contribution in [1.29, 1.82) is 0 Å². The number of methoxy groups -OCH3 is 1. The fourth-order valence-electron chi connectivity index (χ4n) is 3.56. The molecule has 0 bridgehead atoms. The molecule has 27 heavy (non-hydrogen) atoms. The summed E-state index contributed by atoms with van der Waals surface area (Å²) in [5.41, 5.74) is 0.511. The molecular formula is C19H19N3O5. The summed E-state index contributed by atoms with van der Waals surface area (Å²) in [5.74, 6) is 0.284. The number of rotatable bonds is 4. The number of nitrogens with zero attached hydrogens (tertiary/aromatic N) is 2. The zero-order valence-corrected chi connectivity index (χ0v) is 14.8. The second-order valence-corrected chi connectivity index (χ2v) is 6.54. The number of anilines is 1.